The first-order valence-corrected chi connectivity index (χ1v) is 7.71. The lowest BCUT2D eigenvalue weighted by molar-refractivity contribution is 0.221. The first-order valence-electron chi connectivity index (χ1n) is 7.71. The van der Waals surface area contributed by atoms with E-state index in [-0.39, 0.29) is 0 Å². The van der Waals surface area contributed by atoms with Gasteiger partial charge in [0, 0.05) is 32.1 Å². The van der Waals surface area contributed by atoms with Crippen LogP contribution in [0.3, 0.4) is 0 Å². The molecular formula is C15H26N4. The van der Waals surface area contributed by atoms with Crippen molar-refractivity contribution in [1.29, 1.82) is 0 Å². The first kappa shape index (κ1) is 13.1. The lowest BCUT2D eigenvalue weighted by Gasteiger charge is -2.30. The number of aromatic nitrogens is 2. The third-order valence-corrected chi connectivity index (χ3v) is 5.31. The zero-order valence-corrected chi connectivity index (χ0v) is 12.2. The molecule has 3 heterocycles. The van der Waals surface area contributed by atoms with Gasteiger partial charge in [-0.25, -0.2) is 4.98 Å². The Morgan fingerprint density at radius 3 is 3.00 bits per heavy atom. The predicted octanol–water partition coefficient (Wildman–Crippen LogP) is 1.94. The van der Waals surface area contributed by atoms with E-state index in [4.69, 9.17) is 0 Å². The molecule has 1 unspecified atom stereocenters. The van der Waals surface area contributed by atoms with Gasteiger partial charge in [-0.3, -0.25) is 0 Å². The van der Waals surface area contributed by atoms with E-state index in [1.807, 2.05) is 6.33 Å². The van der Waals surface area contributed by atoms with E-state index in [0.717, 1.165) is 13.0 Å². The number of H-pyrrole nitrogens is 1. The fourth-order valence-electron chi connectivity index (χ4n) is 3.68. The summed E-state index contributed by atoms with van der Waals surface area (Å²) in [7, 11) is 0. The van der Waals surface area contributed by atoms with Crippen molar-refractivity contribution in [3.05, 3.63) is 17.7 Å². The average molecular weight is 262 g/mol. The molecule has 2 N–H and O–H groups in total. The first-order chi connectivity index (χ1) is 9.24. The molecule has 4 heteroatoms. The summed E-state index contributed by atoms with van der Waals surface area (Å²) in [6, 6.07) is 0.570. The number of imidazole rings is 1. The number of nitrogens with one attached hydrogen (secondary N) is 2. The van der Waals surface area contributed by atoms with Crippen LogP contribution in [0.25, 0.3) is 0 Å². The van der Waals surface area contributed by atoms with Gasteiger partial charge in [0.25, 0.3) is 0 Å². The maximum Gasteiger partial charge on any atom is 0.0925 e. The third kappa shape index (κ3) is 2.56. The molecule has 0 aromatic carbocycles. The summed E-state index contributed by atoms with van der Waals surface area (Å²) in [5.41, 5.74) is 3.13. The van der Waals surface area contributed by atoms with Crippen LogP contribution >= 0.6 is 0 Å². The van der Waals surface area contributed by atoms with Crippen LogP contribution in [0.5, 0.6) is 0 Å². The molecule has 0 aliphatic carbocycles. The largest absolute Gasteiger partial charge is 0.347 e. The number of fused-ring (bicyclic) bond motifs is 1. The lowest BCUT2D eigenvalue weighted by atomic mass is 9.82. The highest BCUT2D eigenvalue weighted by atomic mass is 15.2. The van der Waals surface area contributed by atoms with Crippen molar-refractivity contribution < 1.29 is 0 Å². The minimum absolute atomic E-state index is 0.570. The SMILES string of the molecule is CCC1(CC)CCN(CC2Cc3nc[nH]c3CN2)C1. The number of nitrogens with zero attached hydrogens (tertiary/aromatic N) is 2. The summed E-state index contributed by atoms with van der Waals surface area (Å²) in [6.07, 6.45) is 6.91. The Hall–Kier alpha value is -0.870. The van der Waals surface area contributed by atoms with Gasteiger partial charge in [0.2, 0.25) is 0 Å². The van der Waals surface area contributed by atoms with E-state index in [9.17, 15) is 0 Å². The minimum atomic E-state index is 0.570. The van der Waals surface area contributed by atoms with Crippen molar-refractivity contribution in [3.63, 3.8) is 0 Å². The Labute approximate surface area is 116 Å². The van der Waals surface area contributed by atoms with Gasteiger partial charge in [-0.1, -0.05) is 13.8 Å². The van der Waals surface area contributed by atoms with Gasteiger partial charge < -0.3 is 15.2 Å². The molecule has 1 aromatic heterocycles. The second-order valence-electron chi connectivity index (χ2n) is 6.30. The van der Waals surface area contributed by atoms with Crippen LogP contribution < -0.4 is 5.32 Å². The van der Waals surface area contributed by atoms with E-state index in [2.05, 4.69) is 34.0 Å². The summed E-state index contributed by atoms with van der Waals surface area (Å²) >= 11 is 0. The number of rotatable bonds is 4. The van der Waals surface area contributed by atoms with Gasteiger partial charge in [0.15, 0.2) is 0 Å². The van der Waals surface area contributed by atoms with E-state index < -0.39 is 0 Å². The minimum Gasteiger partial charge on any atom is -0.347 e. The third-order valence-electron chi connectivity index (χ3n) is 5.31. The van der Waals surface area contributed by atoms with Crippen LogP contribution in [0, 0.1) is 5.41 Å². The highest BCUT2D eigenvalue weighted by Crippen LogP contribution is 2.37. The molecule has 0 spiro atoms. The van der Waals surface area contributed by atoms with Crippen LogP contribution in [0.15, 0.2) is 6.33 Å². The average Bonchev–Trinajstić information content (AvgIpc) is 3.05. The smallest absolute Gasteiger partial charge is 0.0925 e. The molecule has 4 nitrogen and oxygen atoms in total. The molecule has 2 aliphatic rings. The van der Waals surface area contributed by atoms with E-state index >= 15 is 0 Å². The highest BCUT2D eigenvalue weighted by molar-refractivity contribution is 5.16. The second-order valence-corrected chi connectivity index (χ2v) is 6.30. The van der Waals surface area contributed by atoms with Crippen LogP contribution in [-0.4, -0.2) is 40.5 Å². The van der Waals surface area contributed by atoms with Gasteiger partial charge in [-0.15, -0.1) is 0 Å². The molecule has 0 radical (unpaired) electrons. The quantitative estimate of drug-likeness (QED) is 0.871. The molecule has 0 saturated carbocycles. The summed E-state index contributed by atoms with van der Waals surface area (Å²) in [4.78, 5) is 10.3. The van der Waals surface area contributed by atoms with Crippen molar-refractivity contribution in [2.45, 2.75) is 52.1 Å². The Kier molecular flexibility index (Phi) is 3.63. The Bertz CT molecular complexity index is 422. The zero-order chi connectivity index (χ0) is 13.3. The molecule has 0 amide bonds. The molecule has 19 heavy (non-hydrogen) atoms. The summed E-state index contributed by atoms with van der Waals surface area (Å²) in [6.45, 7) is 9.37. The van der Waals surface area contributed by atoms with Crippen molar-refractivity contribution in [1.82, 2.24) is 20.2 Å². The number of hydrogen-bond acceptors (Lipinski definition) is 3. The van der Waals surface area contributed by atoms with Gasteiger partial charge in [-0.05, 0) is 31.2 Å². The predicted molar refractivity (Wildman–Crippen MR) is 77.0 cm³/mol. The topological polar surface area (TPSA) is 44.0 Å². The number of hydrogen-bond donors (Lipinski definition) is 2. The fraction of sp³-hybridized carbons (Fsp3) is 0.800. The van der Waals surface area contributed by atoms with E-state index in [0.29, 0.717) is 11.5 Å². The molecule has 1 saturated heterocycles. The molecule has 106 valence electrons. The van der Waals surface area contributed by atoms with Crippen molar-refractivity contribution in [2.24, 2.45) is 5.41 Å². The molecule has 1 atom stereocenters. The maximum atomic E-state index is 4.43. The van der Waals surface area contributed by atoms with Crippen LogP contribution in [0.2, 0.25) is 0 Å². The molecule has 1 fully saturated rings. The number of likely N-dealkylation sites (tertiary alicyclic amines) is 1. The Morgan fingerprint density at radius 2 is 2.26 bits per heavy atom. The normalized spacial score (nSPS) is 26.5. The van der Waals surface area contributed by atoms with Crippen molar-refractivity contribution in [2.75, 3.05) is 19.6 Å². The second kappa shape index (κ2) is 5.25. The monoisotopic (exact) mass is 262 g/mol. The van der Waals surface area contributed by atoms with Crippen LogP contribution in [-0.2, 0) is 13.0 Å². The Balaban J connectivity index is 1.56. The van der Waals surface area contributed by atoms with E-state index in [1.165, 1.54) is 50.3 Å². The molecule has 1 aromatic rings. The zero-order valence-electron chi connectivity index (χ0n) is 12.2. The Morgan fingerprint density at radius 1 is 1.42 bits per heavy atom. The summed E-state index contributed by atoms with van der Waals surface area (Å²) < 4.78 is 0. The highest BCUT2D eigenvalue weighted by Gasteiger charge is 2.35. The van der Waals surface area contributed by atoms with Gasteiger partial charge >= 0.3 is 0 Å². The van der Waals surface area contributed by atoms with Gasteiger partial charge in [0.1, 0.15) is 0 Å². The number of aromatic amines is 1. The van der Waals surface area contributed by atoms with Crippen molar-refractivity contribution >= 4 is 0 Å². The molecule has 0 bridgehead atoms. The standard InChI is InChI=1S/C15H26N4/c1-3-15(4-2)5-6-19(10-15)9-12-7-13-14(8-16-12)18-11-17-13/h11-12,16H,3-10H2,1-2H3,(H,17,18). The maximum absolute atomic E-state index is 4.43. The van der Waals surface area contributed by atoms with Gasteiger partial charge in [-0.2, -0.15) is 0 Å². The van der Waals surface area contributed by atoms with Crippen LogP contribution in [0.1, 0.15) is 44.5 Å². The van der Waals surface area contributed by atoms with Crippen LogP contribution in [0.4, 0.5) is 0 Å². The molecule has 3 rings (SSSR count). The molecular weight excluding hydrogens is 236 g/mol. The summed E-state index contributed by atoms with van der Waals surface area (Å²) in [5, 5.41) is 3.64. The fourth-order valence-corrected chi connectivity index (χ4v) is 3.68. The van der Waals surface area contributed by atoms with Gasteiger partial charge in [0.05, 0.1) is 17.7 Å². The molecule has 2 aliphatic heterocycles. The summed E-state index contributed by atoms with van der Waals surface area (Å²) in [5.74, 6) is 0. The van der Waals surface area contributed by atoms with E-state index in [1.54, 1.807) is 0 Å². The lowest BCUT2D eigenvalue weighted by Crippen LogP contribution is -2.44. The van der Waals surface area contributed by atoms with Crippen molar-refractivity contribution in [3.8, 4) is 0 Å².